The predicted octanol–water partition coefficient (Wildman–Crippen LogP) is 6.69. The Morgan fingerprint density at radius 3 is 2.28 bits per heavy atom. The fourth-order valence-corrected chi connectivity index (χ4v) is 4.56. The maximum absolute atomic E-state index is 13.6. The van der Waals surface area contributed by atoms with Gasteiger partial charge >= 0.3 is 0 Å². The number of hydrogen-bond donors (Lipinski definition) is 1. The van der Waals surface area contributed by atoms with Gasteiger partial charge in [-0.15, -0.1) is 0 Å². The van der Waals surface area contributed by atoms with Gasteiger partial charge in [0.15, 0.2) is 6.61 Å². The first-order valence-electron chi connectivity index (χ1n) is 11.5. The third-order valence-corrected chi connectivity index (χ3v) is 6.47. The van der Waals surface area contributed by atoms with Crippen molar-refractivity contribution in [2.75, 3.05) is 6.61 Å². The zero-order chi connectivity index (χ0) is 26.3. The lowest BCUT2D eigenvalue weighted by Gasteiger charge is -2.34. The summed E-state index contributed by atoms with van der Waals surface area (Å²) >= 11 is 16.1. The average Bonchev–Trinajstić information content (AvgIpc) is 2.81. The van der Waals surface area contributed by atoms with Crippen molar-refractivity contribution in [3.8, 4) is 5.75 Å². The maximum atomic E-state index is 13.6. The molecule has 0 bridgehead atoms. The summed E-state index contributed by atoms with van der Waals surface area (Å²) in [5.41, 5.74) is 1.18. The molecule has 0 aliphatic heterocycles. The van der Waals surface area contributed by atoms with Crippen LogP contribution in [0.1, 0.15) is 31.9 Å². The smallest absolute Gasteiger partial charge is 0.261 e. The molecule has 3 rings (SSSR count). The Morgan fingerprint density at radius 2 is 1.64 bits per heavy atom. The Labute approximate surface area is 230 Å². The molecule has 3 aromatic carbocycles. The zero-order valence-electron chi connectivity index (χ0n) is 20.4. The predicted molar refractivity (Wildman–Crippen MR) is 148 cm³/mol. The van der Waals surface area contributed by atoms with Crippen molar-refractivity contribution in [2.24, 2.45) is 0 Å². The van der Waals surface area contributed by atoms with Crippen LogP contribution in [-0.2, 0) is 22.6 Å². The molecule has 0 fully saturated rings. The molecule has 0 saturated heterocycles. The molecule has 0 saturated carbocycles. The summed E-state index contributed by atoms with van der Waals surface area (Å²) in [4.78, 5) is 28.7. The van der Waals surface area contributed by atoms with Gasteiger partial charge in [0.05, 0.1) is 5.02 Å². The Hall–Kier alpha value is -2.54. The van der Waals surface area contributed by atoms with E-state index in [9.17, 15) is 9.59 Å². The molecule has 0 unspecified atom stereocenters. The SMILES string of the molecule is CC(C)(C)NC(=O)[C@H](Cc1ccccc1)N(Cc1ccccc1Cl)C(=O)COc1ccc(Br)cc1Cl. The summed E-state index contributed by atoms with van der Waals surface area (Å²) in [6.07, 6.45) is 0.331. The Bertz CT molecular complexity index is 1200. The standard InChI is InChI=1S/C28H29BrCl2N2O3/c1-28(2,3)32-27(35)24(15-19-9-5-4-6-10-19)33(17-20-11-7-8-12-22(20)30)26(34)18-36-25-14-13-21(29)16-23(25)31/h4-14,16,24H,15,17-18H2,1-3H3,(H,32,35)/t24-/m0/s1. The molecule has 0 aliphatic rings. The molecular weight excluding hydrogens is 563 g/mol. The normalized spacial score (nSPS) is 12.1. The van der Waals surface area contributed by atoms with Crippen LogP contribution >= 0.6 is 39.1 Å². The number of halogens is 3. The molecule has 36 heavy (non-hydrogen) atoms. The minimum atomic E-state index is -0.792. The van der Waals surface area contributed by atoms with E-state index in [1.54, 1.807) is 24.3 Å². The minimum absolute atomic E-state index is 0.144. The molecule has 0 spiro atoms. The van der Waals surface area contributed by atoms with Gasteiger partial charge in [0.2, 0.25) is 5.91 Å². The van der Waals surface area contributed by atoms with Crippen LogP contribution in [0.2, 0.25) is 10.0 Å². The monoisotopic (exact) mass is 590 g/mol. The summed E-state index contributed by atoms with van der Waals surface area (Å²) in [5.74, 6) is -0.239. The molecule has 0 heterocycles. The highest BCUT2D eigenvalue weighted by molar-refractivity contribution is 9.10. The van der Waals surface area contributed by atoms with E-state index in [0.29, 0.717) is 22.2 Å². The van der Waals surface area contributed by atoms with Crippen LogP contribution in [0.25, 0.3) is 0 Å². The third-order valence-electron chi connectivity index (χ3n) is 5.31. The highest BCUT2D eigenvalue weighted by Gasteiger charge is 2.32. The van der Waals surface area contributed by atoms with Gasteiger partial charge in [-0.25, -0.2) is 0 Å². The lowest BCUT2D eigenvalue weighted by molar-refractivity contribution is -0.143. The van der Waals surface area contributed by atoms with Crippen molar-refractivity contribution >= 4 is 50.9 Å². The number of carbonyl (C=O) groups excluding carboxylic acids is 2. The summed E-state index contributed by atoms with van der Waals surface area (Å²) in [5, 5.41) is 3.92. The molecule has 1 N–H and O–H groups in total. The molecule has 190 valence electrons. The van der Waals surface area contributed by atoms with Gasteiger partial charge in [-0.2, -0.15) is 0 Å². The number of rotatable bonds is 9. The van der Waals surface area contributed by atoms with E-state index in [1.165, 1.54) is 4.90 Å². The zero-order valence-corrected chi connectivity index (χ0v) is 23.5. The van der Waals surface area contributed by atoms with Crippen molar-refractivity contribution in [3.05, 3.63) is 98.4 Å². The van der Waals surface area contributed by atoms with Crippen molar-refractivity contribution in [3.63, 3.8) is 0 Å². The van der Waals surface area contributed by atoms with Crippen molar-refractivity contribution in [1.82, 2.24) is 10.2 Å². The number of nitrogens with one attached hydrogen (secondary N) is 1. The van der Waals surface area contributed by atoms with Crippen LogP contribution in [0.4, 0.5) is 0 Å². The Morgan fingerprint density at radius 1 is 0.972 bits per heavy atom. The van der Waals surface area contributed by atoms with Crippen molar-refractivity contribution in [2.45, 2.75) is 45.3 Å². The first-order valence-corrected chi connectivity index (χ1v) is 13.0. The first-order chi connectivity index (χ1) is 17.0. The van der Waals surface area contributed by atoms with Gasteiger partial charge in [0.1, 0.15) is 11.8 Å². The van der Waals surface area contributed by atoms with Gasteiger partial charge < -0.3 is 15.0 Å². The minimum Gasteiger partial charge on any atom is -0.482 e. The van der Waals surface area contributed by atoms with Gasteiger partial charge in [0, 0.05) is 28.0 Å². The number of ether oxygens (including phenoxy) is 1. The summed E-state index contributed by atoms with van der Waals surface area (Å²) in [7, 11) is 0. The molecule has 0 aliphatic carbocycles. The maximum Gasteiger partial charge on any atom is 0.261 e. The van der Waals surface area contributed by atoms with E-state index in [1.807, 2.05) is 69.3 Å². The number of nitrogens with zero attached hydrogens (tertiary/aromatic N) is 1. The van der Waals surface area contributed by atoms with Crippen LogP contribution in [-0.4, -0.2) is 34.9 Å². The van der Waals surface area contributed by atoms with Crippen molar-refractivity contribution in [1.29, 1.82) is 0 Å². The number of hydrogen-bond acceptors (Lipinski definition) is 3. The van der Waals surface area contributed by atoms with Crippen LogP contribution in [0.15, 0.2) is 77.3 Å². The second-order valence-corrected chi connectivity index (χ2v) is 11.2. The molecule has 2 amide bonds. The lowest BCUT2D eigenvalue weighted by Crippen LogP contribution is -2.55. The van der Waals surface area contributed by atoms with Crippen LogP contribution < -0.4 is 10.1 Å². The molecule has 3 aromatic rings. The Balaban J connectivity index is 1.95. The second-order valence-electron chi connectivity index (χ2n) is 9.42. The molecule has 5 nitrogen and oxygen atoms in total. The summed E-state index contributed by atoms with van der Waals surface area (Å²) in [6.45, 7) is 5.57. The largest absolute Gasteiger partial charge is 0.482 e. The van der Waals surface area contributed by atoms with E-state index in [-0.39, 0.29) is 25.0 Å². The first kappa shape index (κ1) is 28.0. The quantitative estimate of drug-likeness (QED) is 0.302. The van der Waals surface area contributed by atoms with Crippen LogP contribution in [0, 0.1) is 0 Å². The number of carbonyl (C=O) groups is 2. The molecular formula is C28H29BrCl2N2O3. The highest BCUT2D eigenvalue weighted by atomic mass is 79.9. The number of amides is 2. The van der Waals surface area contributed by atoms with Gasteiger partial charge in [0.25, 0.3) is 5.91 Å². The van der Waals surface area contributed by atoms with E-state index in [0.717, 1.165) is 15.6 Å². The summed E-state index contributed by atoms with van der Waals surface area (Å²) < 4.78 is 6.57. The van der Waals surface area contributed by atoms with E-state index < -0.39 is 11.6 Å². The Kier molecular flexibility index (Phi) is 9.83. The van der Waals surface area contributed by atoms with Crippen molar-refractivity contribution < 1.29 is 14.3 Å². The molecule has 1 atom stereocenters. The highest BCUT2D eigenvalue weighted by Crippen LogP contribution is 2.28. The fraction of sp³-hybridized carbons (Fsp3) is 0.286. The van der Waals surface area contributed by atoms with Gasteiger partial charge in [-0.1, -0.05) is 87.7 Å². The second kappa shape index (κ2) is 12.6. The third kappa shape index (κ3) is 8.26. The van der Waals surface area contributed by atoms with Crippen LogP contribution in [0.3, 0.4) is 0 Å². The molecule has 8 heteroatoms. The van der Waals surface area contributed by atoms with E-state index in [2.05, 4.69) is 21.2 Å². The van der Waals surface area contributed by atoms with Gasteiger partial charge in [-0.05, 0) is 56.2 Å². The van der Waals surface area contributed by atoms with E-state index >= 15 is 0 Å². The molecule has 0 aromatic heterocycles. The van der Waals surface area contributed by atoms with Crippen LogP contribution in [0.5, 0.6) is 5.75 Å². The van der Waals surface area contributed by atoms with Gasteiger partial charge in [-0.3, -0.25) is 9.59 Å². The summed E-state index contributed by atoms with van der Waals surface area (Å²) in [6, 6.07) is 21.3. The van der Waals surface area contributed by atoms with E-state index in [4.69, 9.17) is 27.9 Å². The fourth-order valence-electron chi connectivity index (χ4n) is 3.63. The lowest BCUT2D eigenvalue weighted by atomic mass is 10.0. The molecule has 0 radical (unpaired) electrons. The average molecular weight is 592 g/mol. The topological polar surface area (TPSA) is 58.6 Å². The number of benzene rings is 3.